The molecule has 1 saturated carbocycles. The van der Waals surface area contributed by atoms with Crippen LogP contribution in [0.1, 0.15) is 103 Å². The largest absolute Gasteiger partial charge is 0.348 e. The van der Waals surface area contributed by atoms with E-state index < -0.39 is 29.1 Å². The number of carbonyl (C=O) groups is 3. The van der Waals surface area contributed by atoms with Crippen molar-refractivity contribution in [2.24, 2.45) is 11.3 Å². The van der Waals surface area contributed by atoms with Crippen LogP contribution in [0.2, 0.25) is 0 Å². The molecule has 1 saturated heterocycles. The highest BCUT2D eigenvalue weighted by molar-refractivity contribution is 7.09. The van der Waals surface area contributed by atoms with Gasteiger partial charge in [-0.25, -0.2) is 9.37 Å². The fourth-order valence-corrected chi connectivity index (χ4v) is 6.39. The maximum atomic E-state index is 14.4. The Labute approximate surface area is 249 Å². The van der Waals surface area contributed by atoms with Gasteiger partial charge in [-0.05, 0) is 62.4 Å². The van der Waals surface area contributed by atoms with Gasteiger partial charge in [-0.15, -0.1) is 11.3 Å². The monoisotopic (exact) mass is 588 g/mol. The fourth-order valence-electron chi connectivity index (χ4n) is 5.49. The standard InChI is InChI=1S/C30H43FN4O3S.C2H6/c1-18(2)16-22(20-9-11-21(12-10-20)24-19(3)32-17-39-24)33-26(36)23-8-7-15-35(23)27(37)25(29(4,5)6)34-28(38)30(31)13-14-30;1-2/h9-11,17-18,21-23,25H,7-8,12-16H2,1-6H3,(H,33,36)(H,34,38);1-2H3. The minimum atomic E-state index is -1.87. The molecule has 0 spiro atoms. The van der Waals surface area contributed by atoms with Gasteiger partial charge in [0.2, 0.25) is 11.8 Å². The van der Waals surface area contributed by atoms with Gasteiger partial charge in [0, 0.05) is 17.3 Å². The molecule has 2 heterocycles. The molecule has 41 heavy (non-hydrogen) atoms. The summed E-state index contributed by atoms with van der Waals surface area (Å²) in [6.07, 6.45) is 9.81. The number of alkyl halides is 1. The smallest absolute Gasteiger partial charge is 0.258 e. The molecule has 0 aromatic carbocycles. The number of nitrogens with one attached hydrogen (secondary N) is 2. The summed E-state index contributed by atoms with van der Waals surface area (Å²) in [6, 6.07) is -1.68. The highest BCUT2D eigenvalue weighted by atomic mass is 32.1. The first-order valence-corrected chi connectivity index (χ1v) is 16.1. The Morgan fingerprint density at radius 2 is 1.88 bits per heavy atom. The topological polar surface area (TPSA) is 91.4 Å². The van der Waals surface area contributed by atoms with E-state index in [0.29, 0.717) is 31.2 Å². The predicted molar refractivity (Wildman–Crippen MR) is 163 cm³/mol. The van der Waals surface area contributed by atoms with E-state index in [0.717, 1.165) is 24.1 Å². The highest BCUT2D eigenvalue weighted by Crippen LogP contribution is 2.40. The zero-order chi connectivity index (χ0) is 30.5. The Morgan fingerprint density at radius 1 is 1.20 bits per heavy atom. The van der Waals surface area contributed by atoms with Gasteiger partial charge in [-0.2, -0.15) is 0 Å². The number of likely N-dealkylation sites (tertiary alicyclic amines) is 1. The van der Waals surface area contributed by atoms with Gasteiger partial charge < -0.3 is 15.5 Å². The van der Waals surface area contributed by atoms with Crippen LogP contribution in [-0.4, -0.2) is 57.9 Å². The van der Waals surface area contributed by atoms with Crippen LogP contribution >= 0.6 is 11.3 Å². The molecule has 228 valence electrons. The lowest BCUT2D eigenvalue weighted by Crippen LogP contribution is -2.59. The molecule has 2 N–H and O–H groups in total. The van der Waals surface area contributed by atoms with Crippen molar-refractivity contribution in [2.45, 2.75) is 124 Å². The molecule has 2 fully saturated rings. The van der Waals surface area contributed by atoms with Crippen molar-refractivity contribution in [1.82, 2.24) is 20.5 Å². The molecular weight excluding hydrogens is 539 g/mol. The number of aromatic nitrogens is 1. The molecule has 2 aliphatic carbocycles. The summed E-state index contributed by atoms with van der Waals surface area (Å²) in [4.78, 5) is 47.1. The van der Waals surface area contributed by atoms with E-state index >= 15 is 0 Å². The maximum Gasteiger partial charge on any atom is 0.258 e. The molecule has 4 unspecified atom stereocenters. The van der Waals surface area contributed by atoms with Crippen LogP contribution in [-0.2, 0) is 14.4 Å². The molecule has 4 atom stereocenters. The summed E-state index contributed by atoms with van der Waals surface area (Å²) in [7, 11) is 0. The Kier molecular flexibility index (Phi) is 10.9. The second kappa shape index (κ2) is 13.6. The number of rotatable bonds is 9. The van der Waals surface area contributed by atoms with Crippen LogP contribution < -0.4 is 10.6 Å². The van der Waals surface area contributed by atoms with Crippen LogP contribution in [0.25, 0.3) is 0 Å². The lowest BCUT2D eigenvalue weighted by molar-refractivity contribution is -0.145. The molecular formula is C32H49FN4O3S. The van der Waals surface area contributed by atoms with E-state index in [9.17, 15) is 18.8 Å². The Balaban J connectivity index is 0.00000226. The van der Waals surface area contributed by atoms with Crippen LogP contribution in [0.5, 0.6) is 0 Å². The minimum absolute atomic E-state index is 0.158. The van der Waals surface area contributed by atoms with Crippen molar-refractivity contribution >= 4 is 29.1 Å². The molecule has 1 aromatic heterocycles. The van der Waals surface area contributed by atoms with Gasteiger partial charge in [-0.1, -0.05) is 66.7 Å². The van der Waals surface area contributed by atoms with Crippen molar-refractivity contribution < 1.29 is 18.8 Å². The normalized spacial score (nSPS) is 22.8. The van der Waals surface area contributed by atoms with Crippen molar-refractivity contribution in [3.8, 4) is 0 Å². The van der Waals surface area contributed by atoms with E-state index in [1.54, 1.807) is 16.2 Å². The van der Waals surface area contributed by atoms with Crippen LogP contribution in [0.4, 0.5) is 4.39 Å². The van der Waals surface area contributed by atoms with Crippen molar-refractivity contribution in [1.29, 1.82) is 0 Å². The average Bonchev–Trinajstić information content (AvgIpc) is 3.28. The first-order valence-electron chi connectivity index (χ1n) is 15.2. The summed E-state index contributed by atoms with van der Waals surface area (Å²) in [5.41, 5.74) is 1.53. The summed E-state index contributed by atoms with van der Waals surface area (Å²) in [5, 5.41) is 5.92. The maximum absolute atomic E-state index is 14.4. The molecule has 9 heteroatoms. The number of aryl methyl sites for hydroxylation is 1. The number of halogens is 1. The molecule has 1 aromatic rings. The zero-order valence-corrected chi connectivity index (χ0v) is 26.9. The van der Waals surface area contributed by atoms with Gasteiger partial charge in [0.15, 0.2) is 5.67 Å². The Morgan fingerprint density at radius 3 is 2.39 bits per heavy atom. The SMILES string of the molecule is CC.Cc1ncsc1C1C=CC(C(CC(C)C)NC(=O)C2CCCN2C(=O)C(NC(=O)C2(F)CC2)C(C)(C)C)=CC1. The van der Waals surface area contributed by atoms with Gasteiger partial charge in [-0.3, -0.25) is 14.4 Å². The van der Waals surface area contributed by atoms with Crippen molar-refractivity contribution in [3.63, 3.8) is 0 Å². The number of thiazole rings is 1. The highest BCUT2D eigenvalue weighted by Gasteiger charge is 2.53. The molecule has 4 rings (SSSR count). The predicted octanol–water partition coefficient (Wildman–Crippen LogP) is 6.00. The van der Waals surface area contributed by atoms with Gasteiger partial charge in [0.25, 0.3) is 5.91 Å². The van der Waals surface area contributed by atoms with E-state index in [4.69, 9.17) is 0 Å². The summed E-state index contributed by atoms with van der Waals surface area (Å²) < 4.78 is 14.4. The minimum Gasteiger partial charge on any atom is -0.348 e. The first-order chi connectivity index (χ1) is 19.3. The summed E-state index contributed by atoms with van der Waals surface area (Å²) >= 11 is 1.67. The van der Waals surface area contributed by atoms with Gasteiger partial charge >= 0.3 is 0 Å². The van der Waals surface area contributed by atoms with Crippen molar-refractivity contribution in [2.75, 3.05) is 6.54 Å². The van der Waals surface area contributed by atoms with Gasteiger partial charge in [0.1, 0.15) is 12.1 Å². The van der Waals surface area contributed by atoms with Crippen LogP contribution in [0.15, 0.2) is 29.3 Å². The third-order valence-corrected chi connectivity index (χ3v) is 9.06. The van der Waals surface area contributed by atoms with Gasteiger partial charge in [0.05, 0.1) is 17.2 Å². The van der Waals surface area contributed by atoms with Crippen molar-refractivity contribution in [3.05, 3.63) is 39.9 Å². The molecule has 1 aliphatic heterocycles. The molecule has 0 radical (unpaired) electrons. The number of allylic oxidation sites excluding steroid dienone is 2. The molecule has 7 nitrogen and oxygen atoms in total. The van der Waals surface area contributed by atoms with Crippen LogP contribution in [0.3, 0.4) is 0 Å². The van der Waals surface area contributed by atoms with E-state index in [1.165, 1.54) is 4.88 Å². The lowest BCUT2D eigenvalue weighted by atomic mass is 9.85. The number of nitrogens with zero attached hydrogens (tertiary/aromatic N) is 2. The number of hydrogen-bond acceptors (Lipinski definition) is 5. The quantitative estimate of drug-likeness (QED) is 0.370. The molecule has 3 amide bonds. The lowest BCUT2D eigenvalue weighted by Gasteiger charge is -2.36. The van der Waals surface area contributed by atoms with E-state index in [-0.39, 0.29) is 30.7 Å². The summed E-state index contributed by atoms with van der Waals surface area (Å²) in [5.74, 6) is -0.565. The second-order valence-electron chi connectivity index (χ2n) is 12.8. The number of carbonyl (C=O) groups excluding carboxylic acids is 3. The Bertz CT molecular complexity index is 1150. The van der Waals surface area contributed by atoms with Crippen LogP contribution in [0, 0.1) is 18.3 Å². The number of hydrogen-bond donors (Lipinski definition) is 2. The third-order valence-electron chi connectivity index (χ3n) is 8.00. The fraction of sp³-hybridized carbons (Fsp3) is 0.688. The average molecular weight is 589 g/mol. The van der Waals surface area contributed by atoms with E-state index in [2.05, 4.69) is 47.7 Å². The molecule has 0 bridgehead atoms. The zero-order valence-electron chi connectivity index (χ0n) is 26.1. The summed E-state index contributed by atoms with van der Waals surface area (Å²) in [6.45, 7) is 16.3. The first kappa shape index (κ1) is 33.0. The van der Waals surface area contributed by atoms with E-state index in [1.807, 2.05) is 47.1 Å². The third kappa shape index (κ3) is 8.05. The number of amides is 3. The Hall–Kier alpha value is -2.55. The molecule has 3 aliphatic rings. The second-order valence-corrected chi connectivity index (χ2v) is 13.7.